The summed E-state index contributed by atoms with van der Waals surface area (Å²) in [5, 5.41) is 13.5. The smallest absolute Gasteiger partial charge is 0.322 e. The van der Waals surface area contributed by atoms with Gasteiger partial charge in [-0.3, -0.25) is 19.2 Å². The predicted molar refractivity (Wildman–Crippen MR) is 85.8 cm³/mol. The number of nitrogens with two attached hydrogens (primary N) is 1. The van der Waals surface area contributed by atoms with Gasteiger partial charge in [0.05, 0.1) is 6.04 Å². The molecule has 3 atom stereocenters. The first kappa shape index (κ1) is 19.9. The van der Waals surface area contributed by atoms with Crippen molar-refractivity contribution in [1.29, 1.82) is 0 Å². The minimum Gasteiger partial charge on any atom is -0.480 e. The summed E-state index contributed by atoms with van der Waals surface area (Å²) in [4.78, 5) is 48.4. The fourth-order valence-electron chi connectivity index (χ4n) is 2.51. The van der Waals surface area contributed by atoms with Crippen LogP contribution < -0.4 is 16.4 Å². The highest BCUT2D eigenvalue weighted by Gasteiger charge is 2.36. The molecule has 1 fully saturated rings. The second kappa shape index (κ2) is 8.62. The van der Waals surface area contributed by atoms with Crippen LogP contribution in [-0.4, -0.2) is 64.9 Å². The van der Waals surface area contributed by atoms with Crippen LogP contribution in [0.3, 0.4) is 0 Å². The van der Waals surface area contributed by atoms with Gasteiger partial charge in [-0.2, -0.15) is 0 Å². The van der Waals surface area contributed by atoms with Crippen LogP contribution >= 0.6 is 0 Å². The fraction of sp³-hybridized carbons (Fsp3) is 0.733. The highest BCUT2D eigenvalue weighted by atomic mass is 16.4. The molecule has 0 radical (unpaired) electrons. The Balaban J connectivity index is 2.65. The lowest BCUT2D eigenvalue weighted by atomic mass is 10.0. The number of aliphatic carboxylic acids is 1. The second-order valence-electron chi connectivity index (χ2n) is 6.30. The lowest BCUT2D eigenvalue weighted by molar-refractivity contribution is -0.142. The Kier molecular flexibility index (Phi) is 7.15. The third kappa shape index (κ3) is 5.19. The van der Waals surface area contributed by atoms with E-state index in [-0.39, 0.29) is 11.8 Å². The van der Waals surface area contributed by atoms with Crippen molar-refractivity contribution in [3.05, 3.63) is 0 Å². The number of amides is 3. The van der Waals surface area contributed by atoms with E-state index in [0.29, 0.717) is 19.4 Å². The minimum absolute atomic E-state index is 0.0615. The molecule has 0 saturated carbocycles. The first-order valence-electron chi connectivity index (χ1n) is 8.01. The van der Waals surface area contributed by atoms with Gasteiger partial charge in [-0.1, -0.05) is 13.8 Å². The molecule has 0 aliphatic carbocycles. The van der Waals surface area contributed by atoms with Gasteiger partial charge in [0.25, 0.3) is 0 Å². The summed E-state index contributed by atoms with van der Waals surface area (Å²) < 4.78 is 0. The molecule has 0 unspecified atom stereocenters. The van der Waals surface area contributed by atoms with E-state index in [4.69, 9.17) is 10.8 Å². The largest absolute Gasteiger partial charge is 0.480 e. The number of carbonyl (C=O) groups is 4. The van der Waals surface area contributed by atoms with E-state index >= 15 is 0 Å². The lowest BCUT2D eigenvalue weighted by Gasteiger charge is -2.27. The maximum atomic E-state index is 12.5. The number of carbonyl (C=O) groups excluding carboxylic acids is 3. The molecule has 0 bridgehead atoms. The summed E-state index contributed by atoms with van der Waals surface area (Å²) in [5.41, 5.74) is 5.75. The second-order valence-corrected chi connectivity index (χ2v) is 6.30. The van der Waals surface area contributed by atoms with Crippen LogP contribution in [-0.2, 0) is 19.2 Å². The average Bonchev–Trinajstić information content (AvgIpc) is 3.00. The predicted octanol–water partition coefficient (Wildman–Crippen LogP) is -1.33. The van der Waals surface area contributed by atoms with Crippen molar-refractivity contribution < 1.29 is 24.3 Å². The molecule has 1 heterocycles. The van der Waals surface area contributed by atoms with Crippen molar-refractivity contribution in [2.45, 2.75) is 51.7 Å². The van der Waals surface area contributed by atoms with Crippen LogP contribution in [0.4, 0.5) is 0 Å². The topological polar surface area (TPSA) is 142 Å². The Morgan fingerprint density at radius 1 is 1.25 bits per heavy atom. The van der Waals surface area contributed by atoms with Crippen molar-refractivity contribution >= 4 is 23.7 Å². The van der Waals surface area contributed by atoms with E-state index in [0.717, 1.165) is 0 Å². The molecule has 0 aromatic heterocycles. The number of hydrogen-bond donors (Lipinski definition) is 4. The van der Waals surface area contributed by atoms with Gasteiger partial charge in [-0.15, -0.1) is 0 Å². The molecule has 24 heavy (non-hydrogen) atoms. The number of hydrogen-bond acceptors (Lipinski definition) is 5. The fourth-order valence-corrected chi connectivity index (χ4v) is 2.51. The summed E-state index contributed by atoms with van der Waals surface area (Å²) in [6.45, 7) is 5.05. The standard InChI is InChI=1S/C15H26N4O5/c1-8(2)12(16)14(23)18-9(3)15(24)19-6-4-5-10(19)13(22)17-7-11(20)21/h8-10,12H,4-7,16H2,1-3H3,(H,17,22)(H,18,23)(H,20,21)/t9-,10+,12-/m0/s1. The molecule has 5 N–H and O–H groups in total. The number of rotatable bonds is 7. The zero-order valence-corrected chi connectivity index (χ0v) is 14.2. The van der Waals surface area contributed by atoms with Crippen molar-refractivity contribution in [3.63, 3.8) is 0 Å². The summed E-state index contributed by atoms with van der Waals surface area (Å²) >= 11 is 0. The van der Waals surface area contributed by atoms with Gasteiger partial charge >= 0.3 is 5.97 Å². The summed E-state index contributed by atoms with van der Waals surface area (Å²) in [6, 6.07) is -2.24. The molecular formula is C15H26N4O5. The normalized spacial score (nSPS) is 19.7. The molecule has 1 aliphatic rings. The maximum Gasteiger partial charge on any atom is 0.322 e. The lowest BCUT2D eigenvalue weighted by Crippen LogP contribution is -2.55. The van der Waals surface area contributed by atoms with Crippen molar-refractivity contribution in [1.82, 2.24) is 15.5 Å². The molecule has 9 heteroatoms. The van der Waals surface area contributed by atoms with Crippen LogP contribution in [0, 0.1) is 5.92 Å². The first-order chi connectivity index (χ1) is 11.1. The number of nitrogens with zero attached hydrogens (tertiary/aromatic N) is 1. The Hall–Kier alpha value is -2.16. The van der Waals surface area contributed by atoms with Gasteiger partial charge in [-0.25, -0.2) is 0 Å². The van der Waals surface area contributed by atoms with Gasteiger partial charge in [0.15, 0.2) is 0 Å². The molecule has 1 saturated heterocycles. The van der Waals surface area contributed by atoms with E-state index < -0.39 is 42.5 Å². The molecule has 0 spiro atoms. The van der Waals surface area contributed by atoms with Crippen LogP contribution in [0.5, 0.6) is 0 Å². The monoisotopic (exact) mass is 342 g/mol. The van der Waals surface area contributed by atoms with Gasteiger partial charge in [0, 0.05) is 6.54 Å². The average molecular weight is 342 g/mol. The highest BCUT2D eigenvalue weighted by Crippen LogP contribution is 2.18. The number of carboxylic acids is 1. The molecule has 1 rings (SSSR count). The Labute approximate surface area is 140 Å². The van der Waals surface area contributed by atoms with E-state index in [2.05, 4.69) is 10.6 Å². The molecule has 0 aromatic carbocycles. The van der Waals surface area contributed by atoms with Gasteiger partial charge in [0.2, 0.25) is 17.7 Å². The molecule has 0 aromatic rings. The van der Waals surface area contributed by atoms with Crippen molar-refractivity contribution in [2.24, 2.45) is 11.7 Å². The van der Waals surface area contributed by atoms with E-state index in [1.165, 1.54) is 11.8 Å². The van der Waals surface area contributed by atoms with Gasteiger partial charge in [-0.05, 0) is 25.7 Å². The SMILES string of the molecule is CC(C)[C@H](N)C(=O)N[C@@H](C)C(=O)N1CCC[C@@H]1C(=O)NCC(=O)O. The Morgan fingerprint density at radius 2 is 1.88 bits per heavy atom. The number of carboxylic acid groups (broad SMARTS) is 1. The molecule has 136 valence electrons. The third-order valence-corrected chi connectivity index (χ3v) is 4.00. The highest BCUT2D eigenvalue weighted by molar-refractivity contribution is 5.93. The summed E-state index contributed by atoms with van der Waals surface area (Å²) in [5.74, 6) is -2.51. The Morgan fingerprint density at radius 3 is 2.42 bits per heavy atom. The van der Waals surface area contributed by atoms with Crippen LogP contribution in [0.1, 0.15) is 33.6 Å². The maximum absolute atomic E-state index is 12.5. The van der Waals surface area contributed by atoms with Crippen LogP contribution in [0.2, 0.25) is 0 Å². The van der Waals surface area contributed by atoms with Crippen LogP contribution in [0.15, 0.2) is 0 Å². The molecule has 9 nitrogen and oxygen atoms in total. The van der Waals surface area contributed by atoms with E-state index in [1.54, 1.807) is 13.8 Å². The minimum atomic E-state index is -1.15. The van der Waals surface area contributed by atoms with Gasteiger partial charge in [0.1, 0.15) is 18.6 Å². The Bertz CT molecular complexity index is 508. The zero-order valence-electron chi connectivity index (χ0n) is 14.2. The van der Waals surface area contributed by atoms with E-state index in [1.807, 2.05) is 0 Å². The summed E-state index contributed by atoms with van der Waals surface area (Å²) in [6.07, 6.45) is 1.10. The van der Waals surface area contributed by atoms with Crippen molar-refractivity contribution in [3.8, 4) is 0 Å². The zero-order chi connectivity index (χ0) is 18.4. The number of nitrogens with one attached hydrogen (secondary N) is 2. The van der Waals surface area contributed by atoms with Gasteiger partial charge < -0.3 is 26.4 Å². The molecule has 3 amide bonds. The molecular weight excluding hydrogens is 316 g/mol. The van der Waals surface area contributed by atoms with Crippen LogP contribution in [0.25, 0.3) is 0 Å². The quantitative estimate of drug-likeness (QED) is 0.451. The number of likely N-dealkylation sites (tertiary alicyclic amines) is 1. The van der Waals surface area contributed by atoms with Crippen molar-refractivity contribution in [2.75, 3.05) is 13.1 Å². The van der Waals surface area contributed by atoms with E-state index in [9.17, 15) is 19.2 Å². The first-order valence-corrected chi connectivity index (χ1v) is 8.01. The third-order valence-electron chi connectivity index (χ3n) is 4.00. The molecule has 1 aliphatic heterocycles. The summed E-state index contributed by atoms with van der Waals surface area (Å²) in [7, 11) is 0.